The number of phenols is 1. The van der Waals surface area contributed by atoms with E-state index in [4.69, 9.17) is 0 Å². The minimum absolute atomic E-state index is 0.401. The molecular weight excluding hydrogens is 198 g/mol. The Hall–Kier alpha value is -1.02. The molecule has 2 atom stereocenters. The molecule has 88 valence electrons. The Balaban J connectivity index is 1.89. The Morgan fingerprint density at radius 3 is 2.75 bits per heavy atom. The molecule has 2 N–H and O–H groups in total. The number of hydrogen-bond donors (Lipinski definition) is 2. The van der Waals surface area contributed by atoms with Crippen LogP contribution in [0.5, 0.6) is 5.75 Å². The first-order valence-corrected chi connectivity index (χ1v) is 6.27. The van der Waals surface area contributed by atoms with E-state index in [1.165, 1.54) is 25.7 Å². The lowest BCUT2D eigenvalue weighted by molar-refractivity contribution is 0.278. The zero-order valence-electron chi connectivity index (χ0n) is 9.95. The van der Waals surface area contributed by atoms with Crippen molar-refractivity contribution in [1.29, 1.82) is 0 Å². The molecule has 0 saturated heterocycles. The topological polar surface area (TPSA) is 32.3 Å². The van der Waals surface area contributed by atoms with Crippen LogP contribution in [0.2, 0.25) is 0 Å². The van der Waals surface area contributed by atoms with E-state index in [1.54, 1.807) is 6.07 Å². The van der Waals surface area contributed by atoms with Crippen molar-refractivity contribution in [2.24, 2.45) is 5.92 Å². The van der Waals surface area contributed by atoms with Gasteiger partial charge in [0.1, 0.15) is 5.75 Å². The summed E-state index contributed by atoms with van der Waals surface area (Å²) < 4.78 is 0. The summed E-state index contributed by atoms with van der Waals surface area (Å²) in [6, 6.07) is 8.19. The molecule has 1 aromatic rings. The van der Waals surface area contributed by atoms with Crippen molar-refractivity contribution in [3.63, 3.8) is 0 Å². The third kappa shape index (κ3) is 2.76. The Bertz CT molecular complexity index is 337. The molecule has 1 saturated carbocycles. The van der Waals surface area contributed by atoms with Crippen LogP contribution in [0.15, 0.2) is 24.3 Å². The molecule has 0 aromatic heterocycles. The zero-order valence-corrected chi connectivity index (χ0v) is 9.95. The molecule has 1 fully saturated rings. The number of benzene rings is 1. The minimum atomic E-state index is 0.401. The van der Waals surface area contributed by atoms with Crippen LogP contribution in [0.4, 0.5) is 0 Å². The molecule has 0 amide bonds. The molecule has 1 aliphatic rings. The van der Waals surface area contributed by atoms with E-state index >= 15 is 0 Å². The number of para-hydroxylation sites is 1. The van der Waals surface area contributed by atoms with Crippen molar-refractivity contribution in [3.8, 4) is 5.75 Å². The summed E-state index contributed by atoms with van der Waals surface area (Å²) in [5.74, 6) is 1.16. The van der Waals surface area contributed by atoms with E-state index in [2.05, 4.69) is 12.2 Å². The largest absolute Gasteiger partial charge is 0.508 e. The molecule has 2 nitrogen and oxygen atoms in total. The van der Waals surface area contributed by atoms with Gasteiger partial charge >= 0.3 is 0 Å². The highest BCUT2D eigenvalue weighted by atomic mass is 16.3. The van der Waals surface area contributed by atoms with Gasteiger partial charge in [-0.2, -0.15) is 0 Å². The first-order valence-electron chi connectivity index (χ1n) is 6.27. The highest BCUT2D eigenvalue weighted by Gasteiger charge is 2.20. The Kier molecular flexibility index (Phi) is 3.83. The monoisotopic (exact) mass is 219 g/mol. The lowest BCUT2D eigenvalue weighted by Crippen LogP contribution is -2.36. The van der Waals surface area contributed by atoms with E-state index in [1.807, 2.05) is 18.2 Å². The summed E-state index contributed by atoms with van der Waals surface area (Å²) in [5.41, 5.74) is 1.00. The van der Waals surface area contributed by atoms with Crippen molar-refractivity contribution >= 4 is 0 Å². The third-order valence-electron chi connectivity index (χ3n) is 3.66. The molecule has 0 spiro atoms. The van der Waals surface area contributed by atoms with E-state index in [0.29, 0.717) is 11.8 Å². The van der Waals surface area contributed by atoms with E-state index in [-0.39, 0.29) is 0 Å². The minimum Gasteiger partial charge on any atom is -0.508 e. The molecular formula is C14H21NO. The molecule has 1 aromatic carbocycles. The zero-order chi connectivity index (χ0) is 11.4. The van der Waals surface area contributed by atoms with Crippen LogP contribution in [0.1, 0.15) is 38.2 Å². The molecule has 1 aliphatic carbocycles. The van der Waals surface area contributed by atoms with Crippen LogP contribution < -0.4 is 5.32 Å². The Morgan fingerprint density at radius 1 is 1.25 bits per heavy atom. The fourth-order valence-corrected chi connectivity index (χ4v) is 2.52. The Labute approximate surface area is 97.7 Å². The van der Waals surface area contributed by atoms with Crippen LogP contribution in [0, 0.1) is 5.92 Å². The predicted molar refractivity (Wildman–Crippen MR) is 66.4 cm³/mol. The van der Waals surface area contributed by atoms with Crippen molar-refractivity contribution in [2.75, 3.05) is 0 Å². The third-order valence-corrected chi connectivity index (χ3v) is 3.66. The van der Waals surface area contributed by atoms with Gasteiger partial charge in [-0.05, 0) is 24.8 Å². The molecule has 2 rings (SSSR count). The lowest BCUT2D eigenvalue weighted by atomic mass is 9.86. The Morgan fingerprint density at radius 2 is 2.00 bits per heavy atom. The summed E-state index contributed by atoms with van der Waals surface area (Å²) in [5, 5.41) is 13.2. The standard InChI is InChI=1S/C14H21NO/c1-11-6-2-4-8-13(11)15-10-12-7-3-5-9-14(12)16/h3,5,7,9,11,13,15-16H,2,4,6,8,10H2,1H3/t11-,13?/m1/s1. The molecule has 1 unspecified atom stereocenters. The van der Waals surface area contributed by atoms with Gasteiger partial charge in [-0.1, -0.05) is 38.0 Å². The highest BCUT2D eigenvalue weighted by Crippen LogP contribution is 2.24. The predicted octanol–water partition coefficient (Wildman–Crippen LogP) is 3.06. The van der Waals surface area contributed by atoms with Gasteiger partial charge < -0.3 is 10.4 Å². The number of rotatable bonds is 3. The number of aromatic hydroxyl groups is 1. The van der Waals surface area contributed by atoms with Crippen LogP contribution in [-0.4, -0.2) is 11.1 Å². The van der Waals surface area contributed by atoms with Gasteiger partial charge in [-0.3, -0.25) is 0 Å². The number of hydrogen-bond acceptors (Lipinski definition) is 2. The summed E-state index contributed by atoms with van der Waals surface area (Å²) in [4.78, 5) is 0. The second kappa shape index (κ2) is 5.35. The van der Waals surface area contributed by atoms with Gasteiger partial charge in [-0.15, -0.1) is 0 Å². The lowest BCUT2D eigenvalue weighted by Gasteiger charge is -2.29. The normalized spacial score (nSPS) is 25.6. The van der Waals surface area contributed by atoms with E-state index in [0.717, 1.165) is 18.0 Å². The highest BCUT2D eigenvalue weighted by molar-refractivity contribution is 5.31. The molecule has 0 radical (unpaired) electrons. The van der Waals surface area contributed by atoms with E-state index < -0.39 is 0 Å². The van der Waals surface area contributed by atoms with Gasteiger partial charge in [0.15, 0.2) is 0 Å². The first kappa shape index (κ1) is 11.5. The fourth-order valence-electron chi connectivity index (χ4n) is 2.52. The summed E-state index contributed by atoms with van der Waals surface area (Å²) in [6.07, 6.45) is 5.31. The van der Waals surface area contributed by atoms with E-state index in [9.17, 15) is 5.11 Å². The second-order valence-electron chi connectivity index (χ2n) is 4.88. The summed E-state index contributed by atoms with van der Waals surface area (Å²) in [6.45, 7) is 3.10. The maximum Gasteiger partial charge on any atom is 0.120 e. The van der Waals surface area contributed by atoms with Crippen molar-refractivity contribution in [2.45, 2.75) is 45.2 Å². The van der Waals surface area contributed by atoms with Crippen molar-refractivity contribution in [1.82, 2.24) is 5.32 Å². The maximum absolute atomic E-state index is 9.67. The average molecular weight is 219 g/mol. The fraction of sp³-hybridized carbons (Fsp3) is 0.571. The van der Waals surface area contributed by atoms with Gasteiger partial charge in [0.05, 0.1) is 0 Å². The number of phenolic OH excluding ortho intramolecular Hbond substituents is 1. The van der Waals surface area contributed by atoms with Crippen molar-refractivity contribution < 1.29 is 5.11 Å². The van der Waals surface area contributed by atoms with Crippen molar-refractivity contribution in [3.05, 3.63) is 29.8 Å². The molecule has 16 heavy (non-hydrogen) atoms. The van der Waals surface area contributed by atoms with Crippen LogP contribution in [0.25, 0.3) is 0 Å². The van der Waals surface area contributed by atoms with Crippen LogP contribution >= 0.6 is 0 Å². The van der Waals surface area contributed by atoms with Gasteiger partial charge in [-0.25, -0.2) is 0 Å². The smallest absolute Gasteiger partial charge is 0.120 e. The molecule has 0 aliphatic heterocycles. The SMILES string of the molecule is C[C@@H]1CCCCC1NCc1ccccc1O. The maximum atomic E-state index is 9.67. The molecule has 0 heterocycles. The van der Waals surface area contributed by atoms with Gasteiger partial charge in [0, 0.05) is 18.2 Å². The number of nitrogens with one attached hydrogen (secondary N) is 1. The van der Waals surface area contributed by atoms with Gasteiger partial charge in [0.25, 0.3) is 0 Å². The second-order valence-corrected chi connectivity index (χ2v) is 4.88. The summed E-state index contributed by atoms with van der Waals surface area (Å²) >= 11 is 0. The molecule has 0 bridgehead atoms. The quantitative estimate of drug-likeness (QED) is 0.819. The van der Waals surface area contributed by atoms with Gasteiger partial charge in [0.2, 0.25) is 0 Å². The van der Waals surface area contributed by atoms with Crippen LogP contribution in [0.3, 0.4) is 0 Å². The molecule has 2 heteroatoms. The average Bonchev–Trinajstić information content (AvgIpc) is 2.30. The van der Waals surface area contributed by atoms with Crippen LogP contribution in [-0.2, 0) is 6.54 Å². The summed E-state index contributed by atoms with van der Waals surface area (Å²) in [7, 11) is 0. The first-order chi connectivity index (χ1) is 7.77.